The van der Waals surface area contributed by atoms with Gasteiger partial charge in [-0.3, -0.25) is 19.2 Å². The van der Waals surface area contributed by atoms with Gasteiger partial charge in [0.2, 0.25) is 0 Å². The molecule has 0 aromatic rings. The molecule has 17 rings (SSSR count). The van der Waals surface area contributed by atoms with Crippen LogP contribution in [0.2, 0.25) is 0 Å². The van der Waals surface area contributed by atoms with Gasteiger partial charge in [-0.05, 0) is 416 Å². The first-order chi connectivity index (χ1) is 51.1. The van der Waals surface area contributed by atoms with Crippen LogP contribution in [0.1, 0.15) is 279 Å². The molecule has 17 saturated carbocycles. The zero-order valence-electron chi connectivity index (χ0n) is 68.4. The van der Waals surface area contributed by atoms with Crippen LogP contribution < -0.4 is 0 Å². The lowest BCUT2D eigenvalue weighted by atomic mass is 9.49. The Balaban J connectivity index is 0.000000120. The number of alkyl halides is 1. The van der Waals surface area contributed by atoms with Gasteiger partial charge in [-0.2, -0.15) is 47.0 Å². The van der Waals surface area contributed by atoms with E-state index in [1.165, 1.54) is 154 Å². The molecule has 0 amide bonds. The molecule has 0 spiro atoms. The summed E-state index contributed by atoms with van der Waals surface area (Å²) in [5.74, 6) is 28.6. The normalized spacial score (nSPS) is 50.1. The van der Waals surface area contributed by atoms with Gasteiger partial charge in [-0.15, -0.1) is 0 Å². The van der Waals surface area contributed by atoms with Crippen LogP contribution in [0, 0.1) is 181 Å². The molecule has 107 heavy (non-hydrogen) atoms. The lowest BCUT2D eigenvalue weighted by Gasteiger charge is -2.57. The Morgan fingerprint density at radius 1 is 0.355 bits per heavy atom. The summed E-state index contributed by atoms with van der Waals surface area (Å²) in [5.41, 5.74) is -1.74. The molecule has 4 N–H and O–H groups in total. The first-order valence-electron chi connectivity index (χ1n) is 44.7. The number of Topliss-reactive ketones (excluding diaryl/α,β-unsaturated/α-hetero) is 4. The molecular formula is C93H147FO9S4. The van der Waals surface area contributed by atoms with Crippen molar-refractivity contribution in [1.29, 1.82) is 0 Å². The molecule has 17 aliphatic carbocycles. The van der Waals surface area contributed by atoms with Crippen molar-refractivity contribution >= 4 is 70.2 Å². The SMILES string of the molecule is COC[C@]1(O)CC[C@H]2[C@@H](CC[C@@H]3[C@@H]2CC[C@]2(C)[C@@H](C(=O)CSC)CC[C@@H]32)C1.CSCC(=O)[C@H]1CC[C@H]2[C@@H]3CC[C@H]4C[C@@](C)(O)CC[C@@H]4[C@H]3CC[C@]12C.CSCC(=O)[C@H]1CC[C@H]2[C@@H]3CC[C@H]4C[C@](O)(C#CC5CC5)CC[C@@H]4[C@H]3CC[C@]12C.CSCC(=O)[C@H]1CC[C@H]2[C@@H]3CC[C@H]4C[C@](O)(CF)CC[C@@H]4[C@H]3CC[C@]12C. The number of thioether (sulfide) groups is 4. The Bertz CT molecular complexity index is 3190. The second-order valence-corrected chi connectivity index (χ2v) is 45.6. The molecule has 17 fully saturated rings. The van der Waals surface area contributed by atoms with Crippen LogP contribution in [-0.4, -0.2) is 134 Å². The van der Waals surface area contributed by atoms with Gasteiger partial charge in [-0.1, -0.05) is 39.5 Å². The molecule has 0 radical (unpaired) electrons. The van der Waals surface area contributed by atoms with Gasteiger partial charge in [-0.25, -0.2) is 4.39 Å². The molecule has 0 aromatic carbocycles. The van der Waals surface area contributed by atoms with Crippen LogP contribution in [0.15, 0.2) is 0 Å². The van der Waals surface area contributed by atoms with Crippen molar-refractivity contribution in [3.05, 3.63) is 0 Å². The van der Waals surface area contributed by atoms with E-state index < -0.39 is 29.1 Å². The molecule has 14 heteroatoms. The average Bonchev–Trinajstić information content (AvgIpc) is 1.68. The van der Waals surface area contributed by atoms with Crippen molar-refractivity contribution in [3.8, 4) is 11.8 Å². The Labute approximate surface area is 665 Å². The van der Waals surface area contributed by atoms with Crippen molar-refractivity contribution in [1.82, 2.24) is 0 Å². The summed E-state index contributed by atoms with van der Waals surface area (Å²) in [7, 11) is 1.71. The van der Waals surface area contributed by atoms with Crippen LogP contribution in [0.25, 0.3) is 0 Å². The fourth-order valence-corrected chi connectivity index (χ4v) is 34.0. The number of aliphatic hydroxyl groups is 4. The fraction of sp³-hybridized carbons (Fsp3) is 0.935. The summed E-state index contributed by atoms with van der Waals surface area (Å²) in [6.07, 6.45) is 52.2. The van der Waals surface area contributed by atoms with Gasteiger partial charge < -0.3 is 25.2 Å². The maximum atomic E-state index is 13.3. The van der Waals surface area contributed by atoms with Gasteiger partial charge in [0.25, 0.3) is 0 Å². The molecule has 32 atom stereocenters. The Morgan fingerprint density at radius 3 is 1.00 bits per heavy atom. The number of carbonyl (C=O) groups excluding carboxylic acids is 4. The van der Waals surface area contributed by atoms with Crippen molar-refractivity contribution in [3.63, 3.8) is 0 Å². The van der Waals surface area contributed by atoms with Crippen LogP contribution in [-0.2, 0) is 23.9 Å². The summed E-state index contributed by atoms with van der Waals surface area (Å²) >= 11 is 6.76. The number of rotatable bonds is 15. The third-order valence-corrected chi connectivity index (χ3v) is 39.2. The van der Waals surface area contributed by atoms with E-state index in [0.717, 1.165) is 166 Å². The van der Waals surface area contributed by atoms with Crippen molar-refractivity contribution in [2.24, 2.45) is 170 Å². The van der Waals surface area contributed by atoms with E-state index in [0.29, 0.717) is 119 Å². The zero-order chi connectivity index (χ0) is 75.8. The van der Waals surface area contributed by atoms with E-state index in [9.17, 15) is 44.0 Å². The van der Waals surface area contributed by atoms with Crippen LogP contribution in [0.5, 0.6) is 0 Å². The second kappa shape index (κ2) is 33.4. The lowest BCUT2D eigenvalue weighted by molar-refractivity contribution is -0.134. The Kier molecular flexibility index (Phi) is 25.9. The number of hydrogen-bond donors (Lipinski definition) is 4. The first-order valence-corrected chi connectivity index (χ1v) is 50.2. The highest BCUT2D eigenvalue weighted by atomic mass is 32.2. The topological polar surface area (TPSA) is 158 Å². The highest BCUT2D eigenvalue weighted by molar-refractivity contribution is 7.99. The smallest absolute Gasteiger partial charge is 0.146 e. The maximum Gasteiger partial charge on any atom is 0.146 e. The van der Waals surface area contributed by atoms with Crippen molar-refractivity contribution < 1.29 is 48.7 Å². The van der Waals surface area contributed by atoms with Gasteiger partial charge in [0.1, 0.15) is 35.4 Å². The molecule has 9 nitrogen and oxygen atoms in total. The summed E-state index contributed by atoms with van der Waals surface area (Å²) in [5, 5.41) is 42.9. The molecule has 0 heterocycles. The molecule has 0 aliphatic heterocycles. The highest BCUT2D eigenvalue weighted by Gasteiger charge is 2.64. The largest absolute Gasteiger partial charge is 0.390 e. The van der Waals surface area contributed by atoms with Gasteiger partial charge in [0.15, 0.2) is 0 Å². The molecule has 0 aromatic heterocycles. The number of fused-ring (bicyclic) bond motifs is 20. The quantitative estimate of drug-likeness (QED) is 0.115. The summed E-state index contributed by atoms with van der Waals surface area (Å²) in [6, 6.07) is 0. The molecule has 604 valence electrons. The Hall–Kier alpha value is -0.630. The molecule has 0 saturated heterocycles. The highest BCUT2D eigenvalue weighted by Crippen LogP contribution is 2.70. The molecule has 17 aliphatic rings. The third-order valence-electron chi connectivity index (χ3n) is 36.9. The van der Waals surface area contributed by atoms with E-state index in [-0.39, 0.29) is 27.6 Å². The predicted octanol–water partition coefficient (Wildman–Crippen LogP) is 19.7. The molecule has 0 bridgehead atoms. The van der Waals surface area contributed by atoms with Crippen LogP contribution >= 0.6 is 47.0 Å². The number of carbonyl (C=O) groups is 4. The predicted molar refractivity (Wildman–Crippen MR) is 440 cm³/mol. The lowest BCUT2D eigenvalue weighted by Crippen LogP contribution is -2.52. The third kappa shape index (κ3) is 16.2. The standard InChI is InChI=1S/C26H38O2S.C23H38O3S.C22H35FO2S.C22H36O2S/c1-25-12-10-20-19-11-14-26(28,13-9-17-3-4-17)15-18(19)5-6-21(20)22(25)7-8-23(25)24(27)16-29-2;1-22-10-8-17-16-9-11-23(25,14-26-2)12-15(16)4-5-18(17)19(22)6-7-20(22)21(24)13-27-3;1-21-9-7-16-15-8-10-22(25,13-23)11-14(15)3-4-17(16)18(21)5-6-19(21)20(24)12-26-2;1-21(24)10-8-15-14(12-21)4-5-17-16(15)9-11-22(2)18(17)6-7-19(22)20(23)13-25-3/h17-23,28H,3-8,10-12,14-16H2,1-2H3;15-20,25H,4-14H2,1-3H3;14-19,25H,3-13H2,1-2H3;14-19,24H,4-13H2,1-3H3/t18-,19-,20+,21+,22-,23+,25-,26-;15-,16-,17+,18+,19-,20+,22-,23-;2*14-,15-,16+,17+,18-,19+,21-,22-/m0000/s1. The van der Waals surface area contributed by atoms with Crippen molar-refractivity contribution in [2.75, 3.05) is 68.4 Å². The minimum absolute atomic E-state index is 0.217. The number of halogens is 1. The number of hydrogen-bond acceptors (Lipinski definition) is 13. The molecular weight excluding hydrogens is 1410 g/mol. The minimum Gasteiger partial charge on any atom is -0.390 e. The van der Waals surface area contributed by atoms with Gasteiger partial charge in [0.05, 0.1) is 46.4 Å². The summed E-state index contributed by atoms with van der Waals surface area (Å²) in [6.45, 7) is 11.7. The summed E-state index contributed by atoms with van der Waals surface area (Å²) < 4.78 is 18.6. The monoisotopic (exact) mass is 1550 g/mol. The number of methoxy groups -OCH3 is 1. The van der Waals surface area contributed by atoms with Gasteiger partial charge >= 0.3 is 0 Å². The average molecular weight is 1560 g/mol. The first kappa shape index (κ1) is 82.9. The molecule has 0 unspecified atom stereocenters. The van der Waals surface area contributed by atoms with E-state index in [4.69, 9.17) is 4.74 Å². The fourth-order valence-electron chi connectivity index (χ4n) is 32.1. The van der Waals surface area contributed by atoms with Crippen LogP contribution in [0.3, 0.4) is 0 Å². The van der Waals surface area contributed by atoms with E-state index >= 15 is 0 Å². The summed E-state index contributed by atoms with van der Waals surface area (Å²) in [4.78, 5) is 51.0. The van der Waals surface area contributed by atoms with Gasteiger partial charge in [0, 0.05) is 36.7 Å². The number of ether oxygens (including phenoxy) is 1. The number of ketones is 4. The maximum absolute atomic E-state index is 13.3. The van der Waals surface area contributed by atoms with E-state index in [1.54, 1.807) is 54.2 Å². The Morgan fingerprint density at radius 2 is 0.664 bits per heavy atom. The minimum atomic E-state index is -1.04. The van der Waals surface area contributed by atoms with E-state index in [2.05, 4.69) is 58.3 Å². The van der Waals surface area contributed by atoms with Crippen molar-refractivity contribution in [2.45, 2.75) is 301 Å². The van der Waals surface area contributed by atoms with E-state index in [1.807, 2.05) is 13.2 Å². The zero-order valence-corrected chi connectivity index (χ0v) is 71.7. The van der Waals surface area contributed by atoms with Crippen LogP contribution in [0.4, 0.5) is 4.39 Å². The second-order valence-electron chi connectivity index (χ2n) is 42.1.